The number of aromatic nitrogens is 1. The predicted molar refractivity (Wildman–Crippen MR) is 152 cm³/mol. The minimum Gasteiger partial charge on any atom is -0.465 e. The molecule has 1 saturated heterocycles. The molecule has 8 nitrogen and oxygen atoms in total. The molecular weight excluding hydrogens is 557 g/mol. The van der Waals surface area contributed by atoms with Crippen LogP contribution in [0.15, 0.2) is 77.8 Å². The molecule has 3 amide bonds. The summed E-state index contributed by atoms with van der Waals surface area (Å²) in [6.07, 6.45) is 3.40. The highest BCUT2D eigenvalue weighted by molar-refractivity contribution is 8.18. The molecule has 202 valence electrons. The monoisotopic (exact) mass is 577 g/mol. The number of ether oxygens (including phenoxy) is 1. The van der Waals surface area contributed by atoms with E-state index < -0.39 is 29.6 Å². The summed E-state index contributed by atoms with van der Waals surface area (Å²) in [5, 5.41) is 2.95. The number of carbonyl (C=O) groups excluding carboxylic acids is 4. The highest BCUT2D eigenvalue weighted by Crippen LogP contribution is 2.34. The van der Waals surface area contributed by atoms with Gasteiger partial charge in [0.15, 0.2) is 0 Å². The Bertz CT molecular complexity index is 1720. The van der Waals surface area contributed by atoms with Crippen molar-refractivity contribution >= 4 is 69.1 Å². The molecule has 0 radical (unpaired) electrons. The highest BCUT2D eigenvalue weighted by Gasteiger charge is 2.36. The van der Waals surface area contributed by atoms with E-state index in [1.165, 1.54) is 31.4 Å². The van der Waals surface area contributed by atoms with Gasteiger partial charge in [0, 0.05) is 33.9 Å². The number of nitrogens with one attached hydrogen (secondary N) is 1. The third kappa shape index (κ3) is 5.49. The van der Waals surface area contributed by atoms with Gasteiger partial charge in [-0.1, -0.05) is 48.0 Å². The lowest BCUT2D eigenvalue weighted by atomic mass is 10.1. The van der Waals surface area contributed by atoms with Gasteiger partial charge in [-0.05, 0) is 48.2 Å². The number of hydrogen-bond donors (Lipinski definition) is 1. The van der Waals surface area contributed by atoms with Crippen LogP contribution in [0.5, 0.6) is 0 Å². The Balaban J connectivity index is 1.35. The zero-order valence-electron chi connectivity index (χ0n) is 21.0. The van der Waals surface area contributed by atoms with Crippen LogP contribution in [-0.4, -0.2) is 46.1 Å². The number of hydrogen-bond acceptors (Lipinski definition) is 6. The van der Waals surface area contributed by atoms with Crippen molar-refractivity contribution in [2.45, 2.75) is 6.54 Å². The Morgan fingerprint density at radius 1 is 1.07 bits per heavy atom. The normalized spacial score (nSPS) is 14.3. The summed E-state index contributed by atoms with van der Waals surface area (Å²) in [5.41, 5.74) is 2.34. The fourth-order valence-electron chi connectivity index (χ4n) is 4.32. The smallest absolute Gasteiger partial charge is 0.339 e. The summed E-state index contributed by atoms with van der Waals surface area (Å²) in [7, 11) is 1.21. The number of anilines is 1. The molecule has 0 aliphatic carbocycles. The van der Waals surface area contributed by atoms with Crippen molar-refractivity contribution in [3.05, 3.63) is 105 Å². The molecule has 0 saturated carbocycles. The lowest BCUT2D eigenvalue weighted by molar-refractivity contribution is -0.127. The first kappa shape index (κ1) is 27.2. The molecule has 4 aromatic rings. The number of esters is 1. The maximum atomic E-state index is 14.3. The average Bonchev–Trinajstić information content (AvgIpc) is 3.42. The third-order valence-electron chi connectivity index (χ3n) is 6.24. The SMILES string of the molecule is COC(=O)c1cc(NC(=O)CN2C(=O)S/C(=C\c3cn(Cc4ccccc4F)c4ccccc34)C2=O)ccc1Cl. The summed E-state index contributed by atoms with van der Waals surface area (Å²) in [5.74, 6) is -2.24. The van der Waals surface area contributed by atoms with E-state index in [0.717, 1.165) is 27.6 Å². The molecule has 1 fully saturated rings. The van der Waals surface area contributed by atoms with Crippen molar-refractivity contribution in [1.82, 2.24) is 9.47 Å². The van der Waals surface area contributed by atoms with E-state index in [1.807, 2.05) is 28.8 Å². The van der Waals surface area contributed by atoms with Crippen LogP contribution in [0.1, 0.15) is 21.5 Å². The van der Waals surface area contributed by atoms with Crippen LogP contribution >= 0.6 is 23.4 Å². The Morgan fingerprint density at radius 2 is 1.82 bits per heavy atom. The molecule has 40 heavy (non-hydrogen) atoms. The zero-order chi connectivity index (χ0) is 28.4. The summed E-state index contributed by atoms with van der Waals surface area (Å²) >= 11 is 6.74. The maximum Gasteiger partial charge on any atom is 0.339 e. The summed E-state index contributed by atoms with van der Waals surface area (Å²) in [6, 6.07) is 18.3. The maximum absolute atomic E-state index is 14.3. The number of benzene rings is 3. The van der Waals surface area contributed by atoms with Crippen LogP contribution in [-0.2, 0) is 20.9 Å². The van der Waals surface area contributed by atoms with E-state index in [9.17, 15) is 23.6 Å². The molecule has 5 rings (SSSR count). The van der Waals surface area contributed by atoms with Gasteiger partial charge < -0.3 is 14.6 Å². The number of imide groups is 1. The van der Waals surface area contributed by atoms with Crippen LogP contribution in [0.3, 0.4) is 0 Å². The third-order valence-corrected chi connectivity index (χ3v) is 7.47. The molecule has 1 aromatic heterocycles. The average molecular weight is 578 g/mol. The zero-order valence-corrected chi connectivity index (χ0v) is 22.6. The molecule has 11 heteroatoms. The Kier molecular flexibility index (Phi) is 7.72. The van der Waals surface area contributed by atoms with Gasteiger partial charge in [-0.3, -0.25) is 19.3 Å². The molecule has 1 aliphatic rings. The van der Waals surface area contributed by atoms with Crippen molar-refractivity contribution in [2.75, 3.05) is 19.0 Å². The fourth-order valence-corrected chi connectivity index (χ4v) is 5.35. The lowest BCUT2D eigenvalue weighted by Crippen LogP contribution is -2.36. The number of para-hydroxylation sites is 1. The topological polar surface area (TPSA) is 97.7 Å². The summed E-state index contributed by atoms with van der Waals surface area (Å²) in [4.78, 5) is 51.3. The minimum absolute atomic E-state index is 0.0604. The molecule has 0 bridgehead atoms. The number of amides is 3. The summed E-state index contributed by atoms with van der Waals surface area (Å²) in [6.45, 7) is -0.238. The van der Waals surface area contributed by atoms with Crippen LogP contribution in [0.25, 0.3) is 17.0 Å². The van der Waals surface area contributed by atoms with Crippen LogP contribution in [0, 0.1) is 5.82 Å². The number of nitrogens with zero attached hydrogens (tertiary/aromatic N) is 2. The first-order valence-corrected chi connectivity index (χ1v) is 13.2. The number of methoxy groups -OCH3 is 1. The second kappa shape index (κ2) is 11.4. The van der Waals surface area contributed by atoms with Gasteiger partial charge in [0.25, 0.3) is 11.1 Å². The van der Waals surface area contributed by atoms with Crippen LogP contribution in [0.2, 0.25) is 5.02 Å². The molecule has 2 heterocycles. The van der Waals surface area contributed by atoms with E-state index in [1.54, 1.807) is 30.5 Å². The van der Waals surface area contributed by atoms with Gasteiger partial charge in [0.2, 0.25) is 5.91 Å². The van der Waals surface area contributed by atoms with Gasteiger partial charge in [0.05, 0.1) is 29.1 Å². The van der Waals surface area contributed by atoms with Gasteiger partial charge in [-0.25, -0.2) is 9.18 Å². The molecule has 1 aliphatic heterocycles. The van der Waals surface area contributed by atoms with Gasteiger partial charge in [0.1, 0.15) is 12.4 Å². The largest absolute Gasteiger partial charge is 0.465 e. The van der Waals surface area contributed by atoms with Crippen LogP contribution < -0.4 is 5.32 Å². The van der Waals surface area contributed by atoms with E-state index in [0.29, 0.717) is 11.1 Å². The Labute approximate surface area is 237 Å². The first-order valence-electron chi connectivity index (χ1n) is 12.0. The van der Waals surface area contributed by atoms with Crippen molar-refractivity contribution in [1.29, 1.82) is 0 Å². The van der Waals surface area contributed by atoms with Gasteiger partial charge >= 0.3 is 5.97 Å². The second-order valence-corrected chi connectivity index (χ2v) is 10.2. The molecular formula is C29H21ClFN3O5S. The molecule has 0 unspecified atom stereocenters. The highest BCUT2D eigenvalue weighted by atomic mass is 35.5. The predicted octanol–water partition coefficient (Wildman–Crippen LogP) is 5.94. The number of thioether (sulfide) groups is 1. The first-order chi connectivity index (χ1) is 19.2. The Morgan fingerprint density at radius 3 is 2.60 bits per heavy atom. The lowest BCUT2D eigenvalue weighted by Gasteiger charge is -2.13. The quantitative estimate of drug-likeness (QED) is 0.215. The van der Waals surface area contributed by atoms with Gasteiger partial charge in [-0.15, -0.1) is 0 Å². The van der Waals surface area contributed by atoms with Crippen LogP contribution in [0.4, 0.5) is 14.9 Å². The number of halogens is 2. The number of fused-ring (bicyclic) bond motifs is 1. The number of carbonyl (C=O) groups is 4. The number of rotatable bonds is 7. The Hall–Kier alpha value is -4.41. The van der Waals surface area contributed by atoms with Gasteiger partial charge in [-0.2, -0.15) is 0 Å². The van der Waals surface area contributed by atoms with E-state index in [4.69, 9.17) is 11.6 Å². The van der Waals surface area contributed by atoms with E-state index >= 15 is 0 Å². The molecule has 0 spiro atoms. The molecule has 0 atom stereocenters. The van der Waals surface area contributed by atoms with E-state index in [-0.39, 0.29) is 33.5 Å². The minimum atomic E-state index is -0.674. The van der Waals surface area contributed by atoms with Crippen molar-refractivity contribution in [3.63, 3.8) is 0 Å². The summed E-state index contributed by atoms with van der Waals surface area (Å²) < 4.78 is 20.9. The van der Waals surface area contributed by atoms with Crippen molar-refractivity contribution in [3.8, 4) is 0 Å². The van der Waals surface area contributed by atoms with Crippen molar-refractivity contribution < 1.29 is 28.3 Å². The molecule has 3 aromatic carbocycles. The van der Waals surface area contributed by atoms with E-state index in [2.05, 4.69) is 10.1 Å². The second-order valence-electron chi connectivity index (χ2n) is 8.82. The molecule has 1 N–H and O–H groups in total. The van der Waals surface area contributed by atoms with Crippen molar-refractivity contribution in [2.24, 2.45) is 0 Å². The fraction of sp³-hybridized carbons (Fsp3) is 0.103. The standard InChI is InChI=1S/C29H21ClFN3O5S/c1-39-28(37)21-13-19(10-11-22(21)30)32-26(35)16-34-27(36)25(40-29(34)38)12-18-15-33(24-9-5-3-7-20(18)24)14-17-6-2-4-8-23(17)31/h2-13,15H,14,16H2,1H3,(H,32,35)/b25-12-.